The molecular weight excluding hydrogens is 525 g/mol. The number of ether oxygens (including phenoxy) is 2. The first-order valence-corrected chi connectivity index (χ1v) is 12.8. The lowest BCUT2D eigenvalue weighted by atomic mass is 10.1. The fourth-order valence-electron chi connectivity index (χ4n) is 3.50. The number of hydrogen-bond acceptors (Lipinski definition) is 5. The van der Waals surface area contributed by atoms with E-state index in [1.54, 1.807) is 62.8 Å². The van der Waals surface area contributed by atoms with Crippen molar-refractivity contribution < 1.29 is 27.4 Å². The zero-order chi connectivity index (χ0) is 24.9. The van der Waals surface area contributed by atoms with Gasteiger partial charge in [0.05, 0.1) is 20.3 Å². The van der Waals surface area contributed by atoms with E-state index in [-0.39, 0.29) is 13.1 Å². The monoisotopic (exact) mass is 551 g/mol. The van der Waals surface area contributed by atoms with Crippen LogP contribution in [0.15, 0.2) is 71.2 Å². The Hall–Kier alpha value is -2.46. The molecule has 0 aliphatic heterocycles. The Labute approximate surface area is 208 Å². The standard InChI is InChI=1S/C25H27BrFNO5S/c1-17(25(29)23-13-8-20(27)14-24(23)26)34(30,31)28(15-18-4-9-21(32-2)10-5-18)16-19-6-11-22(33-3)12-7-19/h4-14,17,25,29H,15-16H2,1-3H3/t17-,25+/m1/s1. The third-order valence-electron chi connectivity index (χ3n) is 5.59. The Balaban J connectivity index is 1.93. The van der Waals surface area contributed by atoms with Crippen molar-refractivity contribution in [3.8, 4) is 11.5 Å². The van der Waals surface area contributed by atoms with Crippen LogP contribution in [0.1, 0.15) is 29.7 Å². The van der Waals surface area contributed by atoms with Gasteiger partial charge in [0.2, 0.25) is 10.0 Å². The topological polar surface area (TPSA) is 76.1 Å². The van der Waals surface area contributed by atoms with E-state index in [1.165, 1.54) is 29.4 Å². The second-order valence-electron chi connectivity index (χ2n) is 7.82. The largest absolute Gasteiger partial charge is 0.497 e. The van der Waals surface area contributed by atoms with Crippen molar-refractivity contribution in [2.45, 2.75) is 31.4 Å². The van der Waals surface area contributed by atoms with Crippen molar-refractivity contribution in [1.29, 1.82) is 0 Å². The SMILES string of the molecule is COc1ccc(CN(Cc2ccc(OC)cc2)S(=O)(=O)[C@H](C)[C@H](O)c2ccc(F)cc2Br)cc1. The summed E-state index contributed by atoms with van der Waals surface area (Å²) in [6.07, 6.45) is -1.37. The molecule has 0 bridgehead atoms. The lowest BCUT2D eigenvalue weighted by Crippen LogP contribution is -2.39. The van der Waals surface area contributed by atoms with E-state index in [0.717, 1.165) is 11.1 Å². The lowest BCUT2D eigenvalue weighted by Gasteiger charge is -2.29. The Kier molecular flexibility index (Phi) is 8.70. The van der Waals surface area contributed by atoms with Crippen LogP contribution in [-0.4, -0.2) is 37.3 Å². The second-order valence-corrected chi connectivity index (χ2v) is 11.0. The predicted octanol–water partition coefficient (Wildman–Crippen LogP) is 5.06. The van der Waals surface area contributed by atoms with Crippen LogP contribution in [0.3, 0.4) is 0 Å². The summed E-state index contributed by atoms with van der Waals surface area (Å²) in [6.45, 7) is 1.64. The minimum absolute atomic E-state index is 0.0972. The number of halogens is 2. The third-order valence-corrected chi connectivity index (χ3v) is 8.45. The van der Waals surface area contributed by atoms with Crippen molar-refractivity contribution in [3.63, 3.8) is 0 Å². The smallest absolute Gasteiger partial charge is 0.220 e. The molecule has 0 unspecified atom stereocenters. The molecule has 0 saturated heterocycles. The number of sulfonamides is 1. The van der Waals surface area contributed by atoms with Gasteiger partial charge in [0.1, 0.15) is 22.6 Å². The van der Waals surface area contributed by atoms with Gasteiger partial charge in [-0.1, -0.05) is 46.3 Å². The number of aliphatic hydroxyl groups is 1. The molecule has 9 heteroatoms. The van der Waals surface area contributed by atoms with E-state index in [4.69, 9.17) is 9.47 Å². The molecule has 0 aliphatic carbocycles. The second kappa shape index (κ2) is 11.3. The Morgan fingerprint density at radius 1 is 0.912 bits per heavy atom. The summed E-state index contributed by atoms with van der Waals surface area (Å²) in [5.74, 6) is 0.843. The Morgan fingerprint density at radius 2 is 1.38 bits per heavy atom. The zero-order valence-electron chi connectivity index (χ0n) is 19.1. The number of methoxy groups -OCH3 is 2. The summed E-state index contributed by atoms with van der Waals surface area (Å²) < 4.78 is 52.9. The van der Waals surface area contributed by atoms with Gasteiger partial charge in [-0.2, -0.15) is 4.31 Å². The first-order valence-electron chi connectivity index (χ1n) is 10.5. The van der Waals surface area contributed by atoms with Crippen LogP contribution in [0.4, 0.5) is 4.39 Å². The maximum Gasteiger partial charge on any atom is 0.220 e. The Morgan fingerprint density at radius 3 is 1.79 bits per heavy atom. The molecule has 34 heavy (non-hydrogen) atoms. The maximum atomic E-state index is 13.7. The maximum absolute atomic E-state index is 13.7. The van der Waals surface area contributed by atoms with E-state index in [0.29, 0.717) is 21.5 Å². The summed E-state index contributed by atoms with van der Waals surface area (Å²) in [6, 6.07) is 18.0. The van der Waals surface area contributed by atoms with E-state index in [1.807, 2.05) is 0 Å². The van der Waals surface area contributed by atoms with E-state index in [9.17, 15) is 17.9 Å². The van der Waals surface area contributed by atoms with Crippen LogP contribution in [0.25, 0.3) is 0 Å². The average Bonchev–Trinajstić information content (AvgIpc) is 2.83. The average molecular weight is 552 g/mol. The third kappa shape index (κ3) is 6.15. The van der Waals surface area contributed by atoms with Gasteiger partial charge in [-0.15, -0.1) is 0 Å². The van der Waals surface area contributed by atoms with Crippen LogP contribution < -0.4 is 9.47 Å². The number of benzene rings is 3. The highest BCUT2D eigenvalue weighted by molar-refractivity contribution is 9.10. The lowest BCUT2D eigenvalue weighted by molar-refractivity contribution is 0.171. The van der Waals surface area contributed by atoms with Crippen molar-refractivity contribution in [3.05, 3.63) is 93.7 Å². The van der Waals surface area contributed by atoms with Crippen LogP contribution in [-0.2, 0) is 23.1 Å². The molecule has 1 N–H and O–H groups in total. The molecule has 3 rings (SSSR count). The molecule has 0 aromatic heterocycles. The van der Waals surface area contributed by atoms with Gasteiger partial charge < -0.3 is 14.6 Å². The minimum atomic E-state index is -4.00. The Bertz CT molecular complexity index is 1150. The summed E-state index contributed by atoms with van der Waals surface area (Å²) >= 11 is 3.22. The van der Waals surface area contributed by atoms with Crippen molar-refractivity contribution in [2.75, 3.05) is 14.2 Å². The summed E-state index contributed by atoms with van der Waals surface area (Å²) in [7, 11) is -0.874. The zero-order valence-corrected chi connectivity index (χ0v) is 21.5. The number of aliphatic hydroxyl groups excluding tert-OH is 1. The molecule has 6 nitrogen and oxygen atoms in total. The van der Waals surface area contributed by atoms with Gasteiger partial charge in [-0.3, -0.25) is 0 Å². The van der Waals surface area contributed by atoms with Crippen LogP contribution >= 0.6 is 15.9 Å². The number of rotatable bonds is 10. The molecule has 3 aromatic rings. The fourth-order valence-corrected chi connectivity index (χ4v) is 5.68. The van der Waals surface area contributed by atoms with E-state index in [2.05, 4.69) is 15.9 Å². The number of nitrogens with zero attached hydrogens (tertiary/aromatic N) is 1. The van der Waals surface area contributed by atoms with E-state index < -0.39 is 27.2 Å². The van der Waals surface area contributed by atoms with Gasteiger partial charge in [0.15, 0.2) is 0 Å². The minimum Gasteiger partial charge on any atom is -0.497 e. The predicted molar refractivity (Wildman–Crippen MR) is 133 cm³/mol. The quantitative estimate of drug-likeness (QED) is 0.381. The summed E-state index contributed by atoms with van der Waals surface area (Å²) in [4.78, 5) is 0. The molecular formula is C25H27BrFNO5S. The highest BCUT2D eigenvalue weighted by atomic mass is 79.9. The molecule has 0 fully saturated rings. The van der Waals surface area contributed by atoms with Crippen LogP contribution in [0, 0.1) is 5.82 Å². The van der Waals surface area contributed by atoms with Gasteiger partial charge in [0, 0.05) is 17.6 Å². The summed E-state index contributed by atoms with van der Waals surface area (Å²) in [5, 5.41) is 9.73. The molecule has 0 amide bonds. The highest BCUT2D eigenvalue weighted by Crippen LogP contribution is 2.31. The van der Waals surface area contributed by atoms with Gasteiger partial charge in [0.25, 0.3) is 0 Å². The molecule has 0 heterocycles. The highest BCUT2D eigenvalue weighted by Gasteiger charge is 2.35. The summed E-state index contributed by atoms with van der Waals surface area (Å²) in [5.41, 5.74) is 1.83. The molecule has 3 aromatic carbocycles. The van der Waals surface area contributed by atoms with Gasteiger partial charge in [-0.25, -0.2) is 12.8 Å². The van der Waals surface area contributed by atoms with Crippen LogP contribution in [0.2, 0.25) is 0 Å². The van der Waals surface area contributed by atoms with Gasteiger partial charge >= 0.3 is 0 Å². The molecule has 2 atom stereocenters. The fraction of sp³-hybridized carbons (Fsp3) is 0.280. The molecule has 182 valence electrons. The molecule has 0 saturated carbocycles. The van der Waals surface area contributed by atoms with Crippen molar-refractivity contribution in [2.24, 2.45) is 0 Å². The van der Waals surface area contributed by atoms with Crippen molar-refractivity contribution in [1.82, 2.24) is 4.31 Å². The number of hydrogen-bond donors (Lipinski definition) is 1. The molecule has 0 radical (unpaired) electrons. The first-order chi connectivity index (χ1) is 16.1. The normalized spacial score (nSPS) is 13.5. The first kappa shape index (κ1) is 26.2. The van der Waals surface area contributed by atoms with Crippen molar-refractivity contribution >= 4 is 26.0 Å². The molecule has 0 spiro atoms. The van der Waals surface area contributed by atoms with Crippen LogP contribution in [0.5, 0.6) is 11.5 Å². The van der Waals surface area contributed by atoms with E-state index >= 15 is 0 Å². The molecule has 0 aliphatic rings. The van der Waals surface area contributed by atoms with Gasteiger partial charge in [-0.05, 0) is 60.0 Å².